The molecule has 0 amide bonds. The molecule has 4 nitrogen and oxygen atoms in total. The number of benzene rings is 1. The highest BCUT2D eigenvalue weighted by atomic mass is 32.2. The maximum absolute atomic E-state index is 11.3. The molecule has 1 aromatic carbocycles. The minimum absolute atomic E-state index is 0.107. The van der Waals surface area contributed by atoms with E-state index in [1.54, 1.807) is 0 Å². The lowest BCUT2D eigenvalue weighted by Gasteiger charge is -2.21. The average molecular weight is 301 g/mol. The van der Waals surface area contributed by atoms with Crippen LogP contribution in [0.2, 0.25) is 0 Å². The Morgan fingerprint density at radius 2 is 2.05 bits per heavy atom. The Balaban J connectivity index is 2.78. The summed E-state index contributed by atoms with van der Waals surface area (Å²) in [5, 5.41) is 17.8. The molecule has 3 unspecified atom stereocenters. The maximum Gasteiger partial charge on any atom is 0.361 e. The van der Waals surface area contributed by atoms with Crippen molar-refractivity contribution in [3.8, 4) is 0 Å². The Hall–Kier alpha value is -0.900. The van der Waals surface area contributed by atoms with E-state index in [4.69, 9.17) is 5.11 Å². The molecule has 2 N–H and O–H groups in total. The summed E-state index contributed by atoms with van der Waals surface area (Å²) in [5.41, 5.74) is 0. The number of carbonyl (C=O) groups is 1. The molecule has 0 fully saturated rings. The van der Waals surface area contributed by atoms with E-state index in [-0.39, 0.29) is 5.75 Å². The number of aliphatic hydroxyl groups is 1. The second kappa shape index (κ2) is 7.63. The van der Waals surface area contributed by atoms with Gasteiger partial charge in [-0.2, -0.15) is 0 Å². The lowest BCUT2D eigenvalue weighted by Crippen LogP contribution is -2.39. The van der Waals surface area contributed by atoms with Crippen LogP contribution in [0.15, 0.2) is 35.2 Å². The Morgan fingerprint density at radius 3 is 2.53 bits per heavy atom. The second-order valence-electron chi connectivity index (χ2n) is 4.31. The molecule has 0 aliphatic carbocycles. The molecule has 0 heterocycles. The van der Waals surface area contributed by atoms with Gasteiger partial charge < -0.3 is 10.2 Å². The smallest absolute Gasteiger partial charge is 0.361 e. The first kappa shape index (κ1) is 16.2. The third-order valence-electron chi connectivity index (χ3n) is 2.83. The van der Waals surface area contributed by atoms with Crippen LogP contribution >= 0.6 is 20.2 Å². The van der Waals surface area contributed by atoms with Crippen molar-refractivity contribution in [2.45, 2.75) is 30.0 Å². The van der Waals surface area contributed by atoms with E-state index in [9.17, 15) is 14.5 Å². The van der Waals surface area contributed by atoms with Gasteiger partial charge >= 0.3 is 14.4 Å². The highest BCUT2D eigenvalue weighted by Crippen LogP contribution is 2.37. The Labute approximate surface area is 118 Å². The second-order valence-corrected chi connectivity index (χ2v) is 6.43. The Bertz CT molecular complexity index is 426. The molecule has 1 rings (SSSR count). The summed E-state index contributed by atoms with van der Waals surface area (Å²) >= 11 is 1.32. The van der Waals surface area contributed by atoms with Gasteiger partial charge in [0.15, 0.2) is 0 Å². The maximum atomic E-state index is 11.3. The molecule has 0 aliphatic heterocycles. The van der Waals surface area contributed by atoms with Gasteiger partial charge in [0, 0.05) is 4.90 Å². The summed E-state index contributed by atoms with van der Waals surface area (Å²) in [4.78, 5) is 12.1. The zero-order chi connectivity index (χ0) is 14.3. The first-order valence-corrected chi connectivity index (χ1v) is 7.95. The summed E-state index contributed by atoms with van der Waals surface area (Å²) in [7, 11) is -1.06. The highest BCUT2D eigenvalue weighted by molar-refractivity contribution is 7.99. The van der Waals surface area contributed by atoms with Gasteiger partial charge in [0.05, 0.1) is 5.75 Å². The summed E-state index contributed by atoms with van der Waals surface area (Å²) < 4.78 is 11.3. The van der Waals surface area contributed by atoms with Gasteiger partial charge in [0.1, 0.15) is 5.92 Å². The van der Waals surface area contributed by atoms with Crippen LogP contribution in [0.5, 0.6) is 0 Å². The molecule has 0 bridgehead atoms. The van der Waals surface area contributed by atoms with Crippen LogP contribution < -0.4 is 0 Å². The number of carboxylic acid groups (broad SMARTS) is 1. The van der Waals surface area contributed by atoms with Gasteiger partial charge in [-0.3, -0.25) is 4.79 Å². The van der Waals surface area contributed by atoms with E-state index in [0.29, 0.717) is 12.8 Å². The zero-order valence-electron chi connectivity index (χ0n) is 10.7. The van der Waals surface area contributed by atoms with Crippen LogP contribution in [0, 0.1) is 5.92 Å². The first-order valence-electron chi connectivity index (χ1n) is 6.06. The third-order valence-corrected chi connectivity index (χ3v) is 5.16. The molecular formula is C13H18O4PS+. The van der Waals surface area contributed by atoms with Crippen LogP contribution in [0.25, 0.3) is 0 Å². The van der Waals surface area contributed by atoms with Crippen LogP contribution in [0.1, 0.15) is 19.8 Å². The summed E-state index contributed by atoms with van der Waals surface area (Å²) in [6.07, 6.45) is 0.941. The molecule has 1 aromatic rings. The van der Waals surface area contributed by atoms with Gasteiger partial charge in [-0.25, -0.2) is 0 Å². The molecule has 0 spiro atoms. The Morgan fingerprint density at radius 1 is 1.42 bits per heavy atom. The van der Waals surface area contributed by atoms with Crippen molar-refractivity contribution in [1.29, 1.82) is 0 Å². The SMILES string of the molecule is CCCC(C(=O)O)C(O)(CSc1ccccc1)[PH+]=O. The monoisotopic (exact) mass is 301 g/mol. The van der Waals surface area contributed by atoms with Gasteiger partial charge in [0.25, 0.3) is 5.34 Å². The summed E-state index contributed by atoms with van der Waals surface area (Å²) in [6, 6.07) is 9.34. The molecular weight excluding hydrogens is 283 g/mol. The molecule has 6 heteroatoms. The van der Waals surface area contributed by atoms with Gasteiger partial charge in [-0.1, -0.05) is 36.1 Å². The fourth-order valence-corrected chi connectivity index (χ4v) is 3.57. The molecule has 0 radical (unpaired) electrons. The number of rotatable bonds is 8. The van der Waals surface area contributed by atoms with E-state index in [1.165, 1.54) is 11.8 Å². The number of hydrogen-bond donors (Lipinski definition) is 2. The normalized spacial score (nSPS) is 15.9. The number of aliphatic carboxylic acids is 1. The van der Waals surface area contributed by atoms with Crippen molar-refractivity contribution in [1.82, 2.24) is 0 Å². The highest BCUT2D eigenvalue weighted by Gasteiger charge is 2.48. The topological polar surface area (TPSA) is 74.6 Å². The lowest BCUT2D eigenvalue weighted by molar-refractivity contribution is -0.146. The Kier molecular flexibility index (Phi) is 6.49. The molecule has 0 saturated carbocycles. The summed E-state index contributed by atoms with van der Waals surface area (Å²) in [5.74, 6) is -1.98. The van der Waals surface area contributed by atoms with E-state index < -0.39 is 25.7 Å². The third kappa shape index (κ3) is 4.60. The van der Waals surface area contributed by atoms with Crippen LogP contribution in [-0.4, -0.2) is 27.3 Å². The van der Waals surface area contributed by atoms with E-state index in [2.05, 4.69) is 0 Å². The molecule has 104 valence electrons. The minimum atomic E-state index is -1.68. The number of thioether (sulfide) groups is 1. The van der Waals surface area contributed by atoms with Crippen LogP contribution in [0.4, 0.5) is 0 Å². The predicted octanol–water partition coefficient (Wildman–Crippen LogP) is 2.99. The van der Waals surface area contributed by atoms with E-state index in [0.717, 1.165) is 4.90 Å². The molecule has 0 aliphatic rings. The zero-order valence-corrected chi connectivity index (χ0v) is 12.5. The number of carboxylic acids is 1. The predicted molar refractivity (Wildman–Crippen MR) is 77.2 cm³/mol. The van der Waals surface area contributed by atoms with Crippen molar-refractivity contribution in [3.63, 3.8) is 0 Å². The molecule has 3 atom stereocenters. The standard InChI is InChI=1S/C13H17O4PS/c1-2-6-11(12(14)15)13(16,18-17)9-19-10-7-4-3-5-8-10/h3-5,7-8,11,16H,2,6,9H2,1H3,(H,14,15)/p+1. The first-order chi connectivity index (χ1) is 9.03. The van der Waals surface area contributed by atoms with Crippen LogP contribution in [-0.2, 0) is 9.36 Å². The van der Waals surface area contributed by atoms with Crippen molar-refractivity contribution < 1.29 is 19.6 Å². The van der Waals surface area contributed by atoms with Gasteiger partial charge in [0.2, 0.25) is 0 Å². The largest absolute Gasteiger partial charge is 0.481 e. The van der Waals surface area contributed by atoms with Crippen LogP contribution in [0.3, 0.4) is 0 Å². The van der Waals surface area contributed by atoms with E-state index >= 15 is 0 Å². The minimum Gasteiger partial charge on any atom is -0.481 e. The fourth-order valence-electron chi connectivity index (χ4n) is 1.77. The van der Waals surface area contributed by atoms with Crippen molar-refractivity contribution in [3.05, 3.63) is 30.3 Å². The summed E-state index contributed by atoms with van der Waals surface area (Å²) in [6.45, 7) is 1.84. The van der Waals surface area contributed by atoms with E-state index in [1.807, 2.05) is 37.3 Å². The quantitative estimate of drug-likeness (QED) is 0.570. The van der Waals surface area contributed by atoms with Crippen molar-refractivity contribution in [2.75, 3.05) is 5.75 Å². The van der Waals surface area contributed by atoms with Crippen molar-refractivity contribution in [2.24, 2.45) is 5.92 Å². The molecule has 0 aromatic heterocycles. The molecule has 19 heavy (non-hydrogen) atoms. The number of hydrogen-bond acceptors (Lipinski definition) is 4. The van der Waals surface area contributed by atoms with Crippen molar-refractivity contribution >= 4 is 26.2 Å². The average Bonchev–Trinajstić information content (AvgIpc) is 2.43. The van der Waals surface area contributed by atoms with Gasteiger partial charge in [-0.05, 0) is 18.6 Å². The fraction of sp³-hybridized carbons (Fsp3) is 0.462. The lowest BCUT2D eigenvalue weighted by atomic mass is 9.98. The molecule has 0 saturated heterocycles. The van der Waals surface area contributed by atoms with Gasteiger partial charge in [-0.15, -0.1) is 11.8 Å².